The highest BCUT2D eigenvalue weighted by Gasteiger charge is 2.18. The zero-order chi connectivity index (χ0) is 12.5. The molecule has 0 amide bonds. The number of nitrogens with zero attached hydrogens (tertiary/aromatic N) is 1. The third-order valence-electron chi connectivity index (χ3n) is 2.62. The van der Waals surface area contributed by atoms with Gasteiger partial charge >= 0.3 is 0 Å². The molecular formula is C13H18N2S2. The van der Waals surface area contributed by atoms with E-state index in [0.717, 1.165) is 17.1 Å². The molecule has 0 bridgehead atoms. The van der Waals surface area contributed by atoms with Crippen molar-refractivity contribution in [1.82, 2.24) is 4.98 Å². The van der Waals surface area contributed by atoms with Crippen LogP contribution in [0.4, 0.5) is 0 Å². The fourth-order valence-electron chi connectivity index (χ4n) is 1.54. The van der Waals surface area contributed by atoms with Crippen molar-refractivity contribution in [2.24, 2.45) is 5.73 Å². The van der Waals surface area contributed by atoms with Crippen molar-refractivity contribution in [2.75, 3.05) is 0 Å². The second-order valence-electron chi connectivity index (χ2n) is 5.20. The molecule has 2 nitrogen and oxygen atoms in total. The second kappa shape index (κ2) is 4.88. The molecule has 0 saturated heterocycles. The lowest BCUT2D eigenvalue weighted by molar-refractivity contribution is 0.569. The molecule has 2 aromatic heterocycles. The van der Waals surface area contributed by atoms with Crippen LogP contribution in [0.25, 0.3) is 0 Å². The summed E-state index contributed by atoms with van der Waals surface area (Å²) in [6.07, 6.45) is 0.835. The van der Waals surface area contributed by atoms with Crippen molar-refractivity contribution < 1.29 is 0 Å². The summed E-state index contributed by atoms with van der Waals surface area (Å²) in [5.74, 6) is 0. The summed E-state index contributed by atoms with van der Waals surface area (Å²) in [6.45, 7) is 6.56. The largest absolute Gasteiger partial charge is 0.323 e. The molecule has 0 saturated carbocycles. The van der Waals surface area contributed by atoms with Gasteiger partial charge in [-0.3, -0.25) is 0 Å². The number of thiazole rings is 1. The minimum Gasteiger partial charge on any atom is -0.323 e. The Balaban J connectivity index is 2.07. The van der Waals surface area contributed by atoms with Gasteiger partial charge in [0, 0.05) is 28.1 Å². The van der Waals surface area contributed by atoms with E-state index in [9.17, 15) is 0 Å². The molecule has 1 unspecified atom stereocenters. The van der Waals surface area contributed by atoms with Crippen LogP contribution in [0.15, 0.2) is 22.9 Å². The molecule has 2 rings (SSSR count). The minimum atomic E-state index is 0.0777. The van der Waals surface area contributed by atoms with E-state index < -0.39 is 0 Å². The first kappa shape index (κ1) is 12.7. The predicted molar refractivity (Wildman–Crippen MR) is 75.8 cm³/mol. The number of aromatic nitrogens is 1. The van der Waals surface area contributed by atoms with E-state index in [1.54, 1.807) is 22.7 Å². The Morgan fingerprint density at radius 1 is 1.35 bits per heavy atom. The molecule has 2 N–H and O–H groups in total. The second-order valence-corrected chi connectivity index (χ2v) is 7.12. The maximum atomic E-state index is 6.17. The SMILES string of the molecule is CC(C)(C)c1csc(CC(N)c2cccs2)n1. The molecule has 92 valence electrons. The van der Waals surface area contributed by atoms with Crippen molar-refractivity contribution in [3.63, 3.8) is 0 Å². The van der Waals surface area contributed by atoms with Crippen LogP contribution in [0.5, 0.6) is 0 Å². The van der Waals surface area contributed by atoms with Crippen molar-refractivity contribution in [1.29, 1.82) is 0 Å². The van der Waals surface area contributed by atoms with Gasteiger partial charge in [-0.05, 0) is 11.4 Å². The van der Waals surface area contributed by atoms with Gasteiger partial charge in [0.25, 0.3) is 0 Å². The highest BCUT2D eigenvalue weighted by Crippen LogP contribution is 2.27. The number of hydrogen-bond acceptors (Lipinski definition) is 4. The topological polar surface area (TPSA) is 38.9 Å². The summed E-state index contributed by atoms with van der Waals surface area (Å²) in [7, 11) is 0. The molecule has 0 fully saturated rings. The van der Waals surface area contributed by atoms with Gasteiger partial charge in [-0.25, -0.2) is 4.98 Å². The molecule has 17 heavy (non-hydrogen) atoms. The fraction of sp³-hybridized carbons (Fsp3) is 0.462. The van der Waals surface area contributed by atoms with E-state index in [0.29, 0.717) is 0 Å². The van der Waals surface area contributed by atoms with E-state index in [1.807, 2.05) is 6.07 Å². The fourth-order valence-corrected chi connectivity index (χ4v) is 3.35. The lowest BCUT2D eigenvalue weighted by atomic mass is 9.93. The lowest BCUT2D eigenvalue weighted by Gasteiger charge is -2.14. The van der Waals surface area contributed by atoms with Crippen LogP contribution in [0, 0.1) is 0 Å². The van der Waals surface area contributed by atoms with Crippen molar-refractivity contribution in [3.05, 3.63) is 38.5 Å². The maximum Gasteiger partial charge on any atom is 0.0947 e. The molecule has 4 heteroatoms. The summed E-state index contributed by atoms with van der Waals surface area (Å²) in [6, 6.07) is 4.21. The monoisotopic (exact) mass is 266 g/mol. The highest BCUT2D eigenvalue weighted by molar-refractivity contribution is 7.10. The van der Waals surface area contributed by atoms with Crippen LogP contribution in [-0.2, 0) is 11.8 Å². The summed E-state index contributed by atoms with van der Waals surface area (Å²) < 4.78 is 0. The smallest absolute Gasteiger partial charge is 0.0947 e. The molecule has 2 heterocycles. The molecule has 1 atom stereocenters. The number of thiophene rings is 1. The number of rotatable bonds is 3. The van der Waals surface area contributed by atoms with Crippen LogP contribution in [-0.4, -0.2) is 4.98 Å². The Labute approximate surface area is 111 Å². The molecule has 2 aromatic rings. The van der Waals surface area contributed by atoms with Crippen molar-refractivity contribution in [3.8, 4) is 0 Å². The van der Waals surface area contributed by atoms with Gasteiger partial charge in [-0.2, -0.15) is 0 Å². The van der Waals surface area contributed by atoms with Gasteiger partial charge in [0.05, 0.1) is 10.7 Å². The molecule has 0 aromatic carbocycles. The Morgan fingerprint density at radius 2 is 2.12 bits per heavy atom. The van der Waals surface area contributed by atoms with Crippen LogP contribution < -0.4 is 5.73 Å². The van der Waals surface area contributed by atoms with Gasteiger partial charge in [-0.15, -0.1) is 22.7 Å². The molecule has 0 aliphatic rings. The Bertz CT molecular complexity index is 466. The maximum absolute atomic E-state index is 6.17. The van der Waals surface area contributed by atoms with Crippen LogP contribution in [0.3, 0.4) is 0 Å². The van der Waals surface area contributed by atoms with Crippen LogP contribution in [0.1, 0.15) is 42.4 Å². The number of hydrogen-bond donors (Lipinski definition) is 1. The third kappa shape index (κ3) is 3.15. The van der Waals surface area contributed by atoms with Crippen molar-refractivity contribution >= 4 is 22.7 Å². The predicted octanol–water partition coefficient (Wildman–Crippen LogP) is 3.74. The quantitative estimate of drug-likeness (QED) is 0.919. The average molecular weight is 266 g/mol. The molecule has 0 radical (unpaired) electrons. The van der Waals surface area contributed by atoms with Gasteiger partial charge < -0.3 is 5.73 Å². The third-order valence-corrected chi connectivity index (χ3v) is 4.50. The Morgan fingerprint density at radius 3 is 2.65 bits per heavy atom. The van der Waals surface area contributed by atoms with Crippen molar-refractivity contribution in [2.45, 2.75) is 38.6 Å². The van der Waals surface area contributed by atoms with E-state index in [4.69, 9.17) is 5.73 Å². The summed E-state index contributed by atoms with van der Waals surface area (Å²) >= 11 is 3.43. The molecular weight excluding hydrogens is 248 g/mol. The molecule has 0 aliphatic heterocycles. The first-order valence-electron chi connectivity index (χ1n) is 5.70. The zero-order valence-electron chi connectivity index (χ0n) is 10.4. The van der Waals surface area contributed by atoms with E-state index in [1.165, 1.54) is 4.88 Å². The summed E-state index contributed by atoms with van der Waals surface area (Å²) in [4.78, 5) is 5.91. The van der Waals surface area contributed by atoms with E-state index in [2.05, 4.69) is 42.6 Å². The van der Waals surface area contributed by atoms with Gasteiger partial charge in [-0.1, -0.05) is 26.8 Å². The van der Waals surface area contributed by atoms with Crippen LogP contribution >= 0.6 is 22.7 Å². The first-order valence-corrected chi connectivity index (χ1v) is 7.46. The summed E-state index contributed by atoms with van der Waals surface area (Å²) in [5, 5.41) is 5.35. The Hall–Kier alpha value is -0.710. The molecule has 0 aliphatic carbocycles. The average Bonchev–Trinajstić information content (AvgIpc) is 2.85. The minimum absolute atomic E-state index is 0.0777. The Kier molecular flexibility index (Phi) is 3.66. The van der Waals surface area contributed by atoms with Gasteiger partial charge in [0.15, 0.2) is 0 Å². The molecule has 0 spiro atoms. The zero-order valence-corrected chi connectivity index (χ0v) is 12.1. The van der Waals surface area contributed by atoms with Crippen LogP contribution in [0.2, 0.25) is 0 Å². The summed E-state index contributed by atoms with van der Waals surface area (Å²) in [5.41, 5.74) is 7.46. The lowest BCUT2D eigenvalue weighted by Crippen LogP contribution is -2.14. The van der Waals surface area contributed by atoms with E-state index >= 15 is 0 Å². The van der Waals surface area contributed by atoms with E-state index in [-0.39, 0.29) is 11.5 Å². The van der Waals surface area contributed by atoms with Gasteiger partial charge in [0.2, 0.25) is 0 Å². The normalized spacial score (nSPS) is 13.9. The highest BCUT2D eigenvalue weighted by atomic mass is 32.1. The standard InChI is InChI=1S/C13H18N2S2/c1-13(2,3)11-8-17-12(15-11)7-9(14)10-5-4-6-16-10/h4-6,8-9H,7,14H2,1-3H3. The van der Waals surface area contributed by atoms with Gasteiger partial charge in [0.1, 0.15) is 0 Å². The number of nitrogens with two attached hydrogens (primary N) is 1. The first-order chi connectivity index (χ1) is 7.97.